The zero-order valence-electron chi connectivity index (χ0n) is 14.5. The van der Waals surface area contributed by atoms with E-state index in [0.29, 0.717) is 64.5 Å². The molecule has 27 heavy (non-hydrogen) atoms. The number of amides is 2. The molecule has 162 valence electrons. The average Bonchev–Trinajstić information content (AvgIpc) is 2.58. The number of hydrogen-bond donors (Lipinski definition) is 2. The van der Waals surface area contributed by atoms with Crippen LogP contribution in [-0.2, 0) is 28.7 Å². The van der Waals surface area contributed by atoms with Crippen LogP contribution in [-0.4, -0.2) is 51.1 Å². The van der Waals surface area contributed by atoms with Crippen molar-refractivity contribution in [2.24, 2.45) is 0 Å². The summed E-state index contributed by atoms with van der Waals surface area (Å²) >= 11 is 0. The predicted molar refractivity (Wildman–Crippen MR) is 107 cm³/mol. The standard InChI is InChI=1S/C16H28N2O6.3CH4/c1-23-15(21)9-5-3-7-13(19)17-11-12-18-14(20)8-4-6-10-16(22)24-2;;;/h3-12H2,1-2H3,(H,17,19)(H,18,20);3*1H4. The van der Waals surface area contributed by atoms with Crippen molar-refractivity contribution < 1.29 is 28.7 Å². The van der Waals surface area contributed by atoms with Crippen LogP contribution in [0.2, 0.25) is 0 Å². The molecule has 0 spiro atoms. The quantitative estimate of drug-likeness (QED) is 0.368. The fourth-order valence-corrected chi connectivity index (χ4v) is 1.89. The number of ether oxygens (including phenoxy) is 2. The number of carbonyl (C=O) groups excluding carboxylic acids is 4. The summed E-state index contributed by atoms with van der Waals surface area (Å²) in [6.07, 6.45) is 3.79. The molecule has 0 bridgehead atoms. The Kier molecular flexibility index (Phi) is 26.4. The monoisotopic (exact) mass is 392 g/mol. The van der Waals surface area contributed by atoms with Crippen LogP contribution in [0.15, 0.2) is 0 Å². The second-order valence-electron chi connectivity index (χ2n) is 5.27. The van der Waals surface area contributed by atoms with E-state index in [0.717, 1.165) is 0 Å². The first kappa shape index (κ1) is 32.5. The number of unbranched alkanes of at least 4 members (excludes halogenated alkanes) is 2. The molecule has 0 aliphatic heterocycles. The van der Waals surface area contributed by atoms with E-state index >= 15 is 0 Å². The van der Waals surface area contributed by atoms with Crippen molar-refractivity contribution in [3.63, 3.8) is 0 Å². The summed E-state index contributed by atoms with van der Waals surface area (Å²) in [5.41, 5.74) is 0. The molecule has 0 radical (unpaired) electrons. The number of hydrogen-bond acceptors (Lipinski definition) is 6. The number of carbonyl (C=O) groups is 4. The number of esters is 2. The zero-order chi connectivity index (χ0) is 18.2. The van der Waals surface area contributed by atoms with Crippen molar-refractivity contribution >= 4 is 23.8 Å². The van der Waals surface area contributed by atoms with Crippen molar-refractivity contribution in [3.05, 3.63) is 0 Å². The predicted octanol–water partition coefficient (Wildman–Crippen LogP) is 2.59. The molecule has 0 saturated carbocycles. The van der Waals surface area contributed by atoms with Crippen molar-refractivity contribution in [3.8, 4) is 0 Å². The molecule has 0 aliphatic rings. The molecular formula is C19H40N2O6. The smallest absolute Gasteiger partial charge is 0.305 e. The van der Waals surface area contributed by atoms with Gasteiger partial charge in [0.05, 0.1) is 14.2 Å². The third-order valence-electron chi connectivity index (χ3n) is 3.29. The van der Waals surface area contributed by atoms with E-state index in [2.05, 4.69) is 20.1 Å². The van der Waals surface area contributed by atoms with E-state index in [1.165, 1.54) is 14.2 Å². The van der Waals surface area contributed by atoms with Crippen LogP contribution in [0.5, 0.6) is 0 Å². The highest BCUT2D eigenvalue weighted by molar-refractivity contribution is 5.77. The first-order chi connectivity index (χ1) is 11.5. The molecule has 0 atom stereocenters. The first-order valence-corrected chi connectivity index (χ1v) is 8.16. The summed E-state index contributed by atoms with van der Waals surface area (Å²) in [7, 11) is 2.67. The van der Waals surface area contributed by atoms with Crippen LogP contribution < -0.4 is 10.6 Å². The van der Waals surface area contributed by atoms with Gasteiger partial charge in [0.15, 0.2) is 0 Å². The van der Waals surface area contributed by atoms with E-state index in [1.54, 1.807) is 0 Å². The lowest BCUT2D eigenvalue weighted by Gasteiger charge is -2.07. The van der Waals surface area contributed by atoms with Gasteiger partial charge in [-0.05, 0) is 25.7 Å². The van der Waals surface area contributed by atoms with Gasteiger partial charge in [0, 0.05) is 38.8 Å². The molecule has 2 amide bonds. The Labute approximate surface area is 164 Å². The van der Waals surface area contributed by atoms with Gasteiger partial charge < -0.3 is 20.1 Å². The second-order valence-corrected chi connectivity index (χ2v) is 5.27. The normalized spacial score (nSPS) is 8.81. The van der Waals surface area contributed by atoms with Crippen LogP contribution in [0.1, 0.15) is 73.6 Å². The maximum absolute atomic E-state index is 11.5. The SMILES string of the molecule is C.C.C.COC(=O)CCCCC(=O)NCCNC(=O)CCCCC(=O)OC. The molecule has 8 nitrogen and oxygen atoms in total. The fourth-order valence-electron chi connectivity index (χ4n) is 1.89. The molecule has 0 saturated heterocycles. The zero-order valence-corrected chi connectivity index (χ0v) is 14.5. The van der Waals surface area contributed by atoms with E-state index < -0.39 is 0 Å². The van der Waals surface area contributed by atoms with Gasteiger partial charge in [0.25, 0.3) is 0 Å². The Morgan fingerprint density at radius 1 is 0.593 bits per heavy atom. The summed E-state index contributed by atoms with van der Waals surface area (Å²) in [5, 5.41) is 5.40. The van der Waals surface area contributed by atoms with Gasteiger partial charge in [-0.25, -0.2) is 0 Å². The lowest BCUT2D eigenvalue weighted by Crippen LogP contribution is -2.34. The lowest BCUT2D eigenvalue weighted by atomic mass is 10.2. The second kappa shape index (κ2) is 21.9. The highest BCUT2D eigenvalue weighted by Gasteiger charge is 2.05. The van der Waals surface area contributed by atoms with E-state index in [9.17, 15) is 19.2 Å². The molecule has 0 heterocycles. The number of methoxy groups -OCH3 is 2. The molecule has 8 heteroatoms. The van der Waals surface area contributed by atoms with Crippen LogP contribution in [0, 0.1) is 0 Å². The largest absolute Gasteiger partial charge is 0.469 e. The van der Waals surface area contributed by atoms with Crippen LogP contribution in [0.3, 0.4) is 0 Å². The molecule has 0 unspecified atom stereocenters. The highest BCUT2D eigenvalue weighted by Crippen LogP contribution is 2.01. The van der Waals surface area contributed by atoms with Gasteiger partial charge >= 0.3 is 11.9 Å². The molecule has 0 rings (SSSR count). The Bertz CT molecular complexity index is 375. The maximum Gasteiger partial charge on any atom is 0.305 e. The van der Waals surface area contributed by atoms with Gasteiger partial charge in [0.1, 0.15) is 0 Å². The fraction of sp³-hybridized carbons (Fsp3) is 0.789. The van der Waals surface area contributed by atoms with Gasteiger partial charge in [-0.15, -0.1) is 0 Å². The van der Waals surface area contributed by atoms with Crippen LogP contribution >= 0.6 is 0 Å². The minimum Gasteiger partial charge on any atom is -0.469 e. The summed E-state index contributed by atoms with van der Waals surface area (Å²) in [4.78, 5) is 44.8. The summed E-state index contributed by atoms with van der Waals surface area (Å²) < 4.78 is 9.02. The third-order valence-corrected chi connectivity index (χ3v) is 3.29. The molecule has 0 aliphatic carbocycles. The minimum absolute atomic E-state index is 0. The summed E-state index contributed by atoms with van der Waals surface area (Å²) in [6, 6.07) is 0. The Balaban J connectivity index is -0.000000882. The minimum atomic E-state index is -0.273. The molecule has 0 fully saturated rings. The maximum atomic E-state index is 11.5. The lowest BCUT2D eigenvalue weighted by molar-refractivity contribution is -0.141. The van der Waals surface area contributed by atoms with Gasteiger partial charge in [0.2, 0.25) is 11.8 Å². The van der Waals surface area contributed by atoms with Gasteiger partial charge in [-0.2, -0.15) is 0 Å². The Morgan fingerprint density at radius 3 is 1.19 bits per heavy atom. The third kappa shape index (κ3) is 21.8. The summed E-state index contributed by atoms with van der Waals surface area (Å²) in [6.45, 7) is 0.730. The van der Waals surface area contributed by atoms with E-state index in [-0.39, 0.29) is 46.0 Å². The number of nitrogens with one attached hydrogen (secondary N) is 2. The van der Waals surface area contributed by atoms with E-state index in [4.69, 9.17) is 0 Å². The Hall–Kier alpha value is -2.12. The Morgan fingerprint density at radius 2 is 0.889 bits per heavy atom. The van der Waals surface area contributed by atoms with Crippen LogP contribution in [0.25, 0.3) is 0 Å². The first-order valence-electron chi connectivity index (χ1n) is 8.16. The number of rotatable bonds is 13. The molecule has 2 N–H and O–H groups in total. The van der Waals surface area contributed by atoms with E-state index in [1.807, 2.05) is 0 Å². The molecule has 0 aromatic rings. The highest BCUT2D eigenvalue weighted by atomic mass is 16.5. The van der Waals surface area contributed by atoms with Crippen LogP contribution in [0.4, 0.5) is 0 Å². The van der Waals surface area contributed by atoms with Gasteiger partial charge in [-0.1, -0.05) is 22.3 Å². The van der Waals surface area contributed by atoms with Gasteiger partial charge in [-0.3, -0.25) is 19.2 Å². The molecule has 0 aromatic heterocycles. The topological polar surface area (TPSA) is 111 Å². The molecule has 0 aromatic carbocycles. The average molecular weight is 393 g/mol. The summed E-state index contributed by atoms with van der Waals surface area (Å²) in [5.74, 6) is -0.756. The van der Waals surface area contributed by atoms with Crippen molar-refractivity contribution in [1.82, 2.24) is 10.6 Å². The van der Waals surface area contributed by atoms with Crippen molar-refractivity contribution in [2.75, 3.05) is 27.3 Å². The molecular weight excluding hydrogens is 352 g/mol. The van der Waals surface area contributed by atoms with Crippen molar-refractivity contribution in [1.29, 1.82) is 0 Å². The van der Waals surface area contributed by atoms with Crippen molar-refractivity contribution in [2.45, 2.75) is 73.6 Å².